The fourth-order valence-electron chi connectivity index (χ4n) is 3.05. The topological polar surface area (TPSA) is 83.0 Å². The molecule has 3 N–H and O–H groups in total. The van der Waals surface area contributed by atoms with Gasteiger partial charge in [0.25, 0.3) is 0 Å². The van der Waals surface area contributed by atoms with Crippen molar-refractivity contribution in [2.75, 3.05) is 13.1 Å². The zero-order valence-corrected chi connectivity index (χ0v) is 17.1. The average molecular weight is 370 g/mol. The van der Waals surface area contributed by atoms with E-state index in [0.29, 0.717) is 12.5 Å². The first-order chi connectivity index (χ1) is 12.3. The van der Waals surface area contributed by atoms with Crippen molar-refractivity contribution in [3.63, 3.8) is 0 Å². The molecule has 0 aromatic heterocycles. The molecule has 1 aliphatic carbocycles. The summed E-state index contributed by atoms with van der Waals surface area (Å²) < 4.78 is 5.31. The lowest BCUT2D eigenvalue weighted by Gasteiger charge is -2.27. The maximum atomic E-state index is 11.6. The van der Waals surface area contributed by atoms with Crippen LogP contribution in [0.25, 0.3) is 0 Å². The van der Waals surface area contributed by atoms with Gasteiger partial charge in [0, 0.05) is 25.6 Å². The number of hydrogen-bond acceptors (Lipinski definition) is 4. The predicted octanol–water partition coefficient (Wildman–Crippen LogP) is 3.14. The van der Waals surface area contributed by atoms with Crippen LogP contribution in [-0.4, -0.2) is 47.9 Å². The molecule has 0 amide bonds. The number of guanidine groups is 1. The van der Waals surface area contributed by atoms with E-state index in [1.54, 1.807) is 0 Å². The number of esters is 1. The smallest absolute Gasteiger partial charge is 0.306 e. The molecule has 0 radical (unpaired) electrons. The number of aliphatic imine (C=N–C) groups is 1. The quantitative estimate of drug-likeness (QED) is 0.252. The van der Waals surface area contributed by atoms with Gasteiger partial charge in [-0.15, -0.1) is 0 Å². The molecule has 1 rings (SSSR count). The number of carbonyl (C=O) groups is 1. The minimum Gasteiger partial charge on any atom is -0.460 e. The molecule has 0 saturated heterocycles. The third-order valence-electron chi connectivity index (χ3n) is 4.36. The molecule has 0 bridgehead atoms. The maximum Gasteiger partial charge on any atom is 0.306 e. The number of rotatable bonds is 9. The van der Waals surface area contributed by atoms with Crippen LogP contribution in [0.5, 0.6) is 0 Å². The summed E-state index contributed by atoms with van der Waals surface area (Å²) in [5, 5.41) is 16.4. The lowest BCUT2D eigenvalue weighted by molar-refractivity contribution is -0.154. The molecular formula is C20H39N3O3. The molecule has 1 fully saturated rings. The Hall–Kier alpha value is -1.30. The van der Waals surface area contributed by atoms with Gasteiger partial charge in [-0.1, -0.05) is 12.8 Å². The fraction of sp³-hybridized carbons (Fsp3) is 0.900. The number of nitrogens with zero attached hydrogens (tertiary/aromatic N) is 1. The summed E-state index contributed by atoms with van der Waals surface area (Å²) in [4.78, 5) is 16.3. The molecule has 0 spiro atoms. The van der Waals surface area contributed by atoms with E-state index >= 15 is 0 Å². The molecule has 0 aliphatic heterocycles. The first-order valence-corrected chi connectivity index (χ1v) is 10.2. The molecule has 0 unspecified atom stereocenters. The van der Waals surface area contributed by atoms with Gasteiger partial charge < -0.3 is 20.5 Å². The van der Waals surface area contributed by atoms with Crippen molar-refractivity contribution < 1.29 is 14.6 Å². The number of unbranched alkanes of at least 4 members (excludes halogenated alkanes) is 3. The largest absolute Gasteiger partial charge is 0.460 e. The second kappa shape index (κ2) is 12.2. The number of carbonyl (C=O) groups excluding carboxylic acids is 1. The van der Waals surface area contributed by atoms with Crippen molar-refractivity contribution in [2.45, 2.75) is 103 Å². The van der Waals surface area contributed by atoms with E-state index < -0.39 is 5.60 Å². The minimum absolute atomic E-state index is 0.105. The number of ether oxygens (including phenoxy) is 1. The summed E-state index contributed by atoms with van der Waals surface area (Å²) in [6, 6.07) is 0.407. The highest BCUT2D eigenvalue weighted by Gasteiger charge is 2.20. The third-order valence-corrected chi connectivity index (χ3v) is 4.36. The highest BCUT2D eigenvalue weighted by Crippen LogP contribution is 2.18. The van der Waals surface area contributed by atoms with Crippen LogP contribution in [0.2, 0.25) is 0 Å². The van der Waals surface area contributed by atoms with Gasteiger partial charge in [-0.2, -0.15) is 0 Å². The molecule has 1 saturated carbocycles. The lowest BCUT2D eigenvalue weighted by Crippen LogP contribution is -2.45. The van der Waals surface area contributed by atoms with E-state index in [0.717, 1.165) is 70.4 Å². The van der Waals surface area contributed by atoms with E-state index in [4.69, 9.17) is 4.74 Å². The standard InChI is InChI=1S/C20H39N3O3/c1-5-21-19(23-16-11-13-17(24)14-12-16)22-15-9-7-6-8-10-18(25)26-20(2,3)4/h16-17,24H,5-15H2,1-4H3,(H2,21,22,23). The molecule has 26 heavy (non-hydrogen) atoms. The monoisotopic (exact) mass is 369 g/mol. The van der Waals surface area contributed by atoms with Gasteiger partial charge in [-0.05, 0) is 66.2 Å². The fourth-order valence-corrected chi connectivity index (χ4v) is 3.05. The van der Waals surface area contributed by atoms with Crippen molar-refractivity contribution in [3.8, 4) is 0 Å². The van der Waals surface area contributed by atoms with Crippen LogP contribution in [0.15, 0.2) is 4.99 Å². The number of aliphatic hydroxyl groups excluding tert-OH is 1. The predicted molar refractivity (Wildman–Crippen MR) is 106 cm³/mol. The molecule has 0 aromatic carbocycles. The van der Waals surface area contributed by atoms with Gasteiger partial charge >= 0.3 is 5.97 Å². The lowest BCUT2D eigenvalue weighted by atomic mass is 9.93. The SMILES string of the molecule is CCNC(=NCCCCCCC(=O)OC(C)(C)C)NC1CCC(O)CC1. The second-order valence-electron chi connectivity index (χ2n) is 8.16. The maximum absolute atomic E-state index is 11.6. The summed E-state index contributed by atoms with van der Waals surface area (Å²) >= 11 is 0. The summed E-state index contributed by atoms with van der Waals surface area (Å²) in [5.41, 5.74) is -0.391. The molecule has 0 atom stereocenters. The first kappa shape index (κ1) is 22.7. The van der Waals surface area contributed by atoms with Crippen LogP contribution in [0.4, 0.5) is 0 Å². The van der Waals surface area contributed by atoms with Crippen molar-refractivity contribution in [1.82, 2.24) is 10.6 Å². The molecule has 152 valence electrons. The molecule has 6 heteroatoms. The summed E-state index contributed by atoms with van der Waals surface area (Å²) in [6.45, 7) is 9.39. The Balaban J connectivity index is 2.16. The third kappa shape index (κ3) is 11.3. The van der Waals surface area contributed by atoms with Gasteiger partial charge in [-0.25, -0.2) is 0 Å². The Bertz CT molecular complexity index is 425. The number of hydrogen-bond donors (Lipinski definition) is 3. The second-order valence-corrected chi connectivity index (χ2v) is 8.16. The summed E-state index contributed by atoms with van der Waals surface area (Å²) in [7, 11) is 0. The van der Waals surface area contributed by atoms with Crippen molar-refractivity contribution in [1.29, 1.82) is 0 Å². The Morgan fingerprint density at radius 1 is 1.12 bits per heavy atom. The van der Waals surface area contributed by atoms with E-state index in [2.05, 4.69) is 22.5 Å². The Morgan fingerprint density at radius 3 is 2.38 bits per heavy atom. The zero-order valence-electron chi connectivity index (χ0n) is 17.1. The summed E-state index contributed by atoms with van der Waals surface area (Å²) in [5.74, 6) is 0.773. The number of aliphatic hydroxyl groups is 1. The molecule has 0 heterocycles. The molecule has 1 aliphatic rings. The Labute approximate surface area is 159 Å². The van der Waals surface area contributed by atoms with E-state index in [1.807, 2.05) is 20.8 Å². The summed E-state index contributed by atoms with van der Waals surface area (Å²) in [6.07, 6.45) is 8.10. The first-order valence-electron chi connectivity index (χ1n) is 10.2. The van der Waals surface area contributed by atoms with Gasteiger partial charge in [0.1, 0.15) is 5.60 Å². The van der Waals surface area contributed by atoms with Crippen LogP contribution < -0.4 is 10.6 Å². The van der Waals surface area contributed by atoms with E-state index in [-0.39, 0.29) is 12.1 Å². The van der Waals surface area contributed by atoms with Gasteiger partial charge in [-0.3, -0.25) is 9.79 Å². The van der Waals surface area contributed by atoms with Crippen LogP contribution in [0.1, 0.15) is 85.5 Å². The van der Waals surface area contributed by atoms with Gasteiger partial charge in [0.2, 0.25) is 0 Å². The Kier molecular flexibility index (Phi) is 10.6. The van der Waals surface area contributed by atoms with Gasteiger partial charge in [0.15, 0.2) is 5.96 Å². The highest BCUT2D eigenvalue weighted by molar-refractivity contribution is 5.80. The zero-order chi connectivity index (χ0) is 19.4. The van der Waals surface area contributed by atoms with Gasteiger partial charge in [0.05, 0.1) is 6.10 Å². The van der Waals surface area contributed by atoms with Crippen molar-refractivity contribution in [3.05, 3.63) is 0 Å². The molecule has 0 aromatic rings. The van der Waals surface area contributed by atoms with E-state index in [9.17, 15) is 9.90 Å². The minimum atomic E-state index is -0.391. The molecule has 6 nitrogen and oxygen atoms in total. The highest BCUT2D eigenvalue weighted by atomic mass is 16.6. The van der Waals surface area contributed by atoms with Crippen molar-refractivity contribution >= 4 is 11.9 Å². The Morgan fingerprint density at radius 2 is 1.77 bits per heavy atom. The number of nitrogens with one attached hydrogen (secondary N) is 2. The van der Waals surface area contributed by atoms with Crippen LogP contribution in [0, 0.1) is 0 Å². The average Bonchev–Trinajstić information content (AvgIpc) is 2.54. The van der Waals surface area contributed by atoms with E-state index in [1.165, 1.54) is 0 Å². The van der Waals surface area contributed by atoms with Crippen LogP contribution in [0.3, 0.4) is 0 Å². The van der Waals surface area contributed by atoms with Crippen molar-refractivity contribution in [2.24, 2.45) is 4.99 Å². The van der Waals surface area contributed by atoms with Crippen LogP contribution >= 0.6 is 0 Å². The molecular weight excluding hydrogens is 330 g/mol. The van der Waals surface area contributed by atoms with Crippen LogP contribution in [-0.2, 0) is 9.53 Å². The normalized spacial score (nSPS) is 21.3.